The number of ketones is 1. The number of aryl methyl sites for hydroxylation is 1. The largest absolute Gasteiger partial charge is 0.298 e. The number of sulfonamides is 1. The minimum Gasteiger partial charge on any atom is -0.298 e. The zero-order chi connectivity index (χ0) is 17.4. The fraction of sp³-hybridized carbons (Fsp3) is 0.471. The Kier molecular flexibility index (Phi) is 5.18. The van der Waals surface area contributed by atoms with Crippen molar-refractivity contribution in [2.45, 2.75) is 38.9 Å². The molecule has 6 heteroatoms. The Morgan fingerprint density at radius 2 is 1.96 bits per heavy atom. The first kappa shape index (κ1) is 18.4. The number of Topliss-reactive ketones (excluding diaryl/α,β-unsaturated/α-hetero) is 1. The van der Waals surface area contributed by atoms with Gasteiger partial charge < -0.3 is 0 Å². The highest BCUT2D eigenvalue weighted by atomic mass is 79.9. The van der Waals surface area contributed by atoms with E-state index in [-0.39, 0.29) is 5.78 Å². The van der Waals surface area contributed by atoms with E-state index in [1.807, 2.05) is 25.1 Å². The summed E-state index contributed by atoms with van der Waals surface area (Å²) >= 11 is 3.49. The molecule has 4 nitrogen and oxygen atoms in total. The van der Waals surface area contributed by atoms with Crippen LogP contribution in [-0.2, 0) is 14.8 Å². The molecule has 0 spiro atoms. The smallest absolute Gasteiger partial charge is 0.226 e. The Bertz CT molecular complexity index is 766. The van der Waals surface area contributed by atoms with E-state index in [0.717, 1.165) is 21.2 Å². The third-order valence-corrected chi connectivity index (χ3v) is 8.01. The highest BCUT2D eigenvalue weighted by Gasteiger charge is 2.43. The highest BCUT2D eigenvalue weighted by Crippen LogP contribution is 2.30. The van der Waals surface area contributed by atoms with Gasteiger partial charge in [-0.25, -0.2) is 8.42 Å². The molecule has 1 aromatic rings. The van der Waals surface area contributed by atoms with Gasteiger partial charge in [-0.1, -0.05) is 34.1 Å². The van der Waals surface area contributed by atoms with Crippen molar-refractivity contribution < 1.29 is 13.2 Å². The molecule has 1 aliphatic heterocycles. The van der Waals surface area contributed by atoms with E-state index in [1.165, 1.54) is 25.1 Å². The molecular formula is C17H22BrNO3S. The van der Waals surface area contributed by atoms with Crippen molar-refractivity contribution in [3.8, 4) is 0 Å². The monoisotopic (exact) mass is 399 g/mol. The van der Waals surface area contributed by atoms with Crippen LogP contribution in [0.15, 0.2) is 28.7 Å². The zero-order valence-electron chi connectivity index (χ0n) is 13.9. The molecule has 0 N–H and O–H groups in total. The van der Waals surface area contributed by atoms with Gasteiger partial charge in [-0.05, 0) is 56.9 Å². The van der Waals surface area contributed by atoms with Crippen LogP contribution < -0.4 is 0 Å². The van der Waals surface area contributed by atoms with Crippen LogP contribution >= 0.6 is 15.9 Å². The quantitative estimate of drug-likeness (QED) is 0.777. The molecule has 0 radical (unpaired) electrons. The molecule has 0 bridgehead atoms. The lowest BCUT2D eigenvalue weighted by Gasteiger charge is -2.32. The number of carbonyl (C=O) groups excluding carboxylic acids is 1. The second-order valence-electron chi connectivity index (χ2n) is 6.37. The number of halogens is 1. The summed E-state index contributed by atoms with van der Waals surface area (Å²) in [6.45, 7) is 7.02. The number of rotatable bonds is 4. The van der Waals surface area contributed by atoms with Gasteiger partial charge in [0.15, 0.2) is 5.78 Å². The number of benzene rings is 1. The molecule has 1 aliphatic rings. The Morgan fingerprint density at radius 3 is 2.43 bits per heavy atom. The van der Waals surface area contributed by atoms with Crippen LogP contribution in [0, 0.1) is 6.92 Å². The van der Waals surface area contributed by atoms with E-state index in [2.05, 4.69) is 22.0 Å². The third kappa shape index (κ3) is 3.44. The Balaban J connectivity index is 2.24. The summed E-state index contributed by atoms with van der Waals surface area (Å²) < 4.78 is 26.4. The molecule has 126 valence electrons. The fourth-order valence-electron chi connectivity index (χ4n) is 2.48. The number of nitrogens with zero attached hydrogens (tertiary/aromatic N) is 1. The standard InChI is InChI=1S/C17H22BrNO3S/c1-12-11-15(5-6-16(12)18)14-7-9-19(10-8-14)23(21,22)17(3,4)13(2)20/h5-7,11H,8-10H2,1-4H3. The lowest BCUT2D eigenvalue weighted by atomic mass is 9.99. The van der Waals surface area contributed by atoms with Gasteiger partial charge in [-0.3, -0.25) is 4.79 Å². The molecule has 0 aromatic heterocycles. The van der Waals surface area contributed by atoms with E-state index in [0.29, 0.717) is 19.5 Å². The van der Waals surface area contributed by atoms with Crippen LogP contribution in [0.2, 0.25) is 0 Å². The van der Waals surface area contributed by atoms with E-state index in [9.17, 15) is 13.2 Å². The number of hydrogen-bond donors (Lipinski definition) is 0. The van der Waals surface area contributed by atoms with Crippen LogP contribution in [0.5, 0.6) is 0 Å². The first-order valence-electron chi connectivity index (χ1n) is 7.53. The normalized spacial score (nSPS) is 17.0. The second kappa shape index (κ2) is 6.49. The Labute approximate surface area is 146 Å². The van der Waals surface area contributed by atoms with Gasteiger partial charge in [-0.15, -0.1) is 0 Å². The van der Waals surface area contributed by atoms with Crippen molar-refractivity contribution >= 4 is 37.3 Å². The summed E-state index contributed by atoms with van der Waals surface area (Å²) in [4.78, 5) is 11.7. The summed E-state index contributed by atoms with van der Waals surface area (Å²) in [5.74, 6) is -0.337. The maximum absolute atomic E-state index is 12.7. The number of hydrogen-bond acceptors (Lipinski definition) is 3. The van der Waals surface area contributed by atoms with E-state index in [1.54, 1.807) is 0 Å². The second-order valence-corrected chi connectivity index (χ2v) is 9.71. The summed E-state index contributed by atoms with van der Waals surface area (Å²) in [6, 6.07) is 6.14. The summed E-state index contributed by atoms with van der Waals surface area (Å²) in [5, 5.41) is 0. The van der Waals surface area contributed by atoms with Crippen LogP contribution in [-0.4, -0.2) is 36.3 Å². The van der Waals surface area contributed by atoms with E-state index >= 15 is 0 Å². The first-order valence-corrected chi connectivity index (χ1v) is 9.77. The van der Waals surface area contributed by atoms with Gasteiger partial charge in [0.2, 0.25) is 10.0 Å². The molecule has 1 aromatic carbocycles. The molecule has 0 fully saturated rings. The molecule has 2 rings (SSSR count). The van der Waals surface area contributed by atoms with Gasteiger partial charge in [0, 0.05) is 17.6 Å². The van der Waals surface area contributed by atoms with E-state index < -0.39 is 14.8 Å². The van der Waals surface area contributed by atoms with Crippen molar-refractivity contribution in [1.29, 1.82) is 0 Å². The van der Waals surface area contributed by atoms with Crippen molar-refractivity contribution in [2.75, 3.05) is 13.1 Å². The maximum Gasteiger partial charge on any atom is 0.226 e. The summed E-state index contributed by atoms with van der Waals surface area (Å²) in [6.07, 6.45) is 2.59. The van der Waals surface area contributed by atoms with Crippen LogP contribution in [0.25, 0.3) is 5.57 Å². The van der Waals surface area contributed by atoms with Gasteiger partial charge in [-0.2, -0.15) is 4.31 Å². The van der Waals surface area contributed by atoms with Crippen molar-refractivity contribution in [3.05, 3.63) is 39.9 Å². The topological polar surface area (TPSA) is 54.5 Å². The minimum atomic E-state index is -3.65. The van der Waals surface area contributed by atoms with Crippen molar-refractivity contribution in [1.82, 2.24) is 4.31 Å². The predicted molar refractivity (Wildman–Crippen MR) is 96.7 cm³/mol. The van der Waals surface area contributed by atoms with Crippen LogP contribution in [0.3, 0.4) is 0 Å². The molecule has 0 atom stereocenters. The molecule has 0 unspecified atom stereocenters. The first-order chi connectivity index (χ1) is 10.6. The molecule has 0 saturated carbocycles. The van der Waals surface area contributed by atoms with E-state index in [4.69, 9.17) is 0 Å². The van der Waals surface area contributed by atoms with Gasteiger partial charge in [0.1, 0.15) is 4.75 Å². The maximum atomic E-state index is 12.7. The zero-order valence-corrected chi connectivity index (χ0v) is 16.3. The SMILES string of the molecule is CC(=O)C(C)(C)S(=O)(=O)N1CC=C(c2ccc(Br)c(C)c2)CC1. The molecule has 0 amide bonds. The van der Waals surface area contributed by atoms with Gasteiger partial charge >= 0.3 is 0 Å². The molecule has 23 heavy (non-hydrogen) atoms. The lowest BCUT2D eigenvalue weighted by molar-refractivity contribution is -0.118. The Hall–Kier alpha value is -0.980. The number of carbonyl (C=O) groups is 1. The van der Waals surface area contributed by atoms with Crippen LogP contribution in [0.1, 0.15) is 38.3 Å². The van der Waals surface area contributed by atoms with Gasteiger partial charge in [0.05, 0.1) is 0 Å². The molecule has 0 aliphatic carbocycles. The average Bonchev–Trinajstić information content (AvgIpc) is 2.49. The molecule has 0 saturated heterocycles. The van der Waals surface area contributed by atoms with Gasteiger partial charge in [0.25, 0.3) is 0 Å². The predicted octanol–water partition coefficient (Wildman–Crippen LogP) is 3.54. The average molecular weight is 400 g/mol. The summed E-state index contributed by atoms with van der Waals surface area (Å²) in [7, 11) is -3.65. The fourth-order valence-corrected chi connectivity index (χ4v) is 4.34. The molecule has 1 heterocycles. The van der Waals surface area contributed by atoms with Crippen LogP contribution in [0.4, 0.5) is 0 Å². The molecular weight excluding hydrogens is 378 g/mol. The third-order valence-electron chi connectivity index (χ3n) is 4.53. The van der Waals surface area contributed by atoms with Crippen molar-refractivity contribution in [3.63, 3.8) is 0 Å². The lowest BCUT2D eigenvalue weighted by Crippen LogP contribution is -2.49. The minimum absolute atomic E-state index is 0.309. The van der Waals surface area contributed by atoms with Crippen molar-refractivity contribution in [2.24, 2.45) is 0 Å². The Morgan fingerprint density at radius 1 is 1.30 bits per heavy atom. The highest BCUT2D eigenvalue weighted by molar-refractivity contribution is 9.10. The summed E-state index contributed by atoms with van der Waals surface area (Å²) in [5.41, 5.74) is 3.41.